The van der Waals surface area contributed by atoms with E-state index < -0.39 is 0 Å². The van der Waals surface area contributed by atoms with Gasteiger partial charge in [-0.1, -0.05) is 19.9 Å². The summed E-state index contributed by atoms with van der Waals surface area (Å²) in [5.74, 6) is -0.404. The first-order chi connectivity index (χ1) is 6.94. The molecule has 0 saturated heterocycles. The zero-order valence-corrected chi connectivity index (χ0v) is 10.4. The smallest absolute Gasteiger partial charge is 0.321 e. The van der Waals surface area contributed by atoms with Gasteiger partial charge in [0.15, 0.2) is 0 Å². The number of hydrogen-bond donors (Lipinski definition) is 0. The Morgan fingerprint density at radius 1 is 1.67 bits per heavy atom. The van der Waals surface area contributed by atoms with E-state index in [1.807, 2.05) is 6.92 Å². The first-order valence-corrected chi connectivity index (χ1v) is 5.92. The van der Waals surface area contributed by atoms with Gasteiger partial charge in [-0.15, -0.1) is 11.6 Å². The molecule has 0 aliphatic heterocycles. The molecule has 3 heteroatoms. The van der Waals surface area contributed by atoms with Crippen LogP contribution in [0.15, 0.2) is 11.6 Å². The fourth-order valence-electron chi connectivity index (χ4n) is 1.77. The third-order valence-corrected chi connectivity index (χ3v) is 3.17. The lowest BCUT2D eigenvalue weighted by molar-refractivity contribution is -0.143. The zero-order chi connectivity index (χ0) is 11.5. The highest BCUT2D eigenvalue weighted by Crippen LogP contribution is 2.35. The molecule has 1 aliphatic carbocycles. The molecule has 0 spiro atoms. The van der Waals surface area contributed by atoms with Gasteiger partial charge in [0.2, 0.25) is 0 Å². The molecule has 0 aromatic carbocycles. The lowest BCUT2D eigenvalue weighted by atomic mass is 9.77. The highest BCUT2D eigenvalue weighted by atomic mass is 35.5. The lowest BCUT2D eigenvalue weighted by Gasteiger charge is -2.30. The number of alkyl halides is 1. The fraction of sp³-hybridized carbons (Fsp3) is 0.750. The van der Waals surface area contributed by atoms with E-state index in [2.05, 4.69) is 19.9 Å². The van der Waals surface area contributed by atoms with Gasteiger partial charge >= 0.3 is 5.97 Å². The van der Waals surface area contributed by atoms with Gasteiger partial charge in [0, 0.05) is 0 Å². The maximum absolute atomic E-state index is 11.0. The lowest BCUT2D eigenvalue weighted by Crippen LogP contribution is -2.23. The Balaban J connectivity index is 2.51. The molecule has 0 heterocycles. The van der Waals surface area contributed by atoms with Crippen LogP contribution in [0.4, 0.5) is 0 Å². The van der Waals surface area contributed by atoms with E-state index in [4.69, 9.17) is 16.3 Å². The summed E-state index contributed by atoms with van der Waals surface area (Å²) < 4.78 is 5.17. The van der Waals surface area contributed by atoms with E-state index in [0.717, 1.165) is 19.3 Å². The summed E-state index contributed by atoms with van der Waals surface area (Å²) in [6.07, 6.45) is 5.32. The molecule has 15 heavy (non-hydrogen) atoms. The van der Waals surface area contributed by atoms with Crippen LogP contribution in [0.2, 0.25) is 0 Å². The van der Waals surface area contributed by atoms with Crippen molar-refractivity contribution in [2.24, 2.45) is 5.41 Å². The van der Waals surface area contributed by atoms with Gasteiger partial charge in [0.05, 0.1) is 0 Å². The van der Waals surface area contributed by atoms with Crippen LogP contribution in [0.3, 0.4) is 0 Å². The van der Waals surface area contributed by atoms with Gasteiger partial charge in [0.1, 0.15) is 12.0 Å². The maximum Gasteiger partial charge on any atom is 0.321 e. The van der Waals surface area contributed by atoms with E-state index in [-0.39, 0.29) is 18.0 Å². The largest absolute Gasteiger partial charge is 0.457 e. The number of carbonyl (C=O) groups excluding carboxylic acids is 1. The van der Waals surface area contributed by atoms with E-state index >= 15 is 0 Å². The van der Waals surface area contributed by atoms with E-state index in [9.17, 15) is 4.79 Å². The summed E-state index contributed by atoms with van der Waals surface area (Å²) in [6.45, 7) is 6.43. The van der Waals surface area contributed by atoms with Crippen LogP contribution in [0.1, 0.15) is 40.0 Å². The minimum Gasteiger partial charge on any atom is -0.457 e. The van der Waals surface area contributed by atoms with Gasteiger partial charge in [-0.05, 0) is 37.2 Å². The van der Waals surface area contributed by atoms with Gasteiger partial charge in [0.25, 0.3) is 0 Å². The molecular weight excluding hydrogens is 212 g/mol. The molecule has 0 fully saturated rings. The summed E-state index contributed by atoms with van der Waals surface area (Å²) in [6, 6.07) is 0. The molecule has 1 aliphatic rings. The van der Waals surface area contributed by atoms with Gasteiger partial charge < -0.3 is 4.74 Å². The van der Waals surface area contributed by atoms with Crippen molar-refractivity contribution >= 4 is 17.6 Å². The Morgan fingerprint density at radius 3 is 2.80 bits per heavy atom. The van der Waals surface area contributed by atoms with Crippen LogP contribution < -0.4 is 0 Å². The topological polar surface area (TPSA) is 26.3 Å². The molecule has 0 N–H and O–H groups in total. The Hall–Kier alpha value is -0.500. The number of hydrogen-bond acceptors (Lipinski definition) is 2. The molecule has 1 rings (SSSR count). The minimum absolute atomic E-state index is 0.0664. The Bertz CT molecular complexity index is 269. The van der Waals surface area contributed by atoms with Crippen LogP contribution in [0, 0.1) is 5.41 Å². The number of halogens is 1. The molecule has 0 bridgehead atoms. The molecule has 0 radical (unpaired) electrons. The van der Waals surface area contributed by atoms with Crippen molar-refractivity contribution < 1.29 is 9.53 Å². The predicted octanol–water partition coefficient (Wildman–Crippen LogP) is 3.29. The number of ether oxygens (including phenoxy) is 1. The summed E-state index contributed by atoms with van der Waals surface area (Å²) in [5, 5.41) is 0. The van der Waals surface area contributed by atoms with Crippen LogP contribution in [-0.4, -0.2) is 18.0 Å². The average molecular weight is 231 g/mol. The number of esters is 1. The van der Waals surface area contributed by atoms with Crippen LogP contribution in [0.5, 0.6) is 0 Å². The van der Waals surface area contributed by atoms with Gasteiger partial charge in [-0.25, -0.2) is 0 Å². The fourth-order valence-corrected chi connectivity index (χ4v) is 1.83. The second kappa shape index (κ2) is 5.02. The SMILES string of the molecule is CC(OC(=O)CCl)C1=CCC(C)(C)CC1. The number of rotatable bonds is 3. The van der Waals surface area contributed by atoms with Crippen LogP contribution >= 0.6 is 11.6 Å². The summed E-state index contributed by atoms with van der Waals surface area (Å²) >= 11 is 5.39. The third-order valence-electron chi connectivity index (χ3n) is 2.95. The van der Waals surface area contributed by atoms with Gasteiger partial charge in [-0.3, -0.25) is 4.79 Å². The van der Waals surface area contributed by atoms with Crippen LogP contribution in [0.25, 0.3) is 0 Å². The van der Waals surface area contributed by atoms with Crippen molar-refractivity contribution in [2.75, 3.05) is 5.88 Å². The summed E-state index contributed by atoms with van der Waals surface area (Å²) in [5.41, 5.74) is 1.62. The number of allylic oxidation sites excluding steroid dienone is 1. The standard InChI is InChI=1S/C12H19ClO2/c1-9(15-11(14)8-13)10-4-6-12(2,3)7-5-10/h4,9H,5-8H2,1-3H3. The quantitative estimate of drug-likeness (QED) is 0.423. The molecule has 86 valence electrons. The molecular formula is C12H19ClO2. The highest BCUT2D eigenvalue weighted by Gasteiger charge is 2.24. The summed E-state index contributed by atoms with van der Waals surface area (Å²) in [4.78, 5) is 11.0. The van der Waals surface area contributed by atoms with E-state index in [1.165, 1.54) is 5.57 Å². The van der Waals surface area contributed by atoms with E-state index in [0.29, 0.717) is 5.41 Å². The molecule has 0 aromatic rings. The van der Waals surface area contributed by atoms with Crippen molar-refractivity contribution in [3.8, 4) is 0 Å². The molecule has 0 aromatic heterocycles. The Morgan fingerprint density at radius 2 is 2.33 bits per heavy atom. The second-order valence-corrected chi connectivity index (χ2v) is 5.18. The zero-order valence-electron chi connectivity index (χ0n) is 9.68. The van der Waals surface area contributed by atoms with Gasteiger partial charge in [-0.2, -0.15) is 0 Å². The van der Waals surface area contributed by atoms with Crippen molar-refractivity contribution in [1.29, 1.82) is 0 Å². The summed E-state index contributed by atoms with van der Waals surface area (Å²) in [7, 11) is 0. The van der Waals surface area contributed by atoms with E-state index in [1.54, 1.807) is 0 Å². The second-order valence-electron chi connectivity index (χ2n) is 4.91. The number of carbonyl (C=O) groups is 1. The van der Waals surface area contributed by atoms with Crippen molar-refractivity contribution in [3.63, 3.8) is 0 Å². The molecule has 1 unspecified atom stereocenters. The minimum atomic E-state index is -0.338. The Labute approximate surface area is 96.6 Å². The van der Waals surface area contributed by atoms with Crippen LogP contribution in [-0.2, 0) is 9.53 Å². The monoisotopic (exact) mass is 230 g/mol. The van der Waals surface area contributed by atoms with Crippen molar-refractivity contribution in [3.05, 3.63) is 11.6 Å². The molecule has 1 atom stereocenters. The third kappa shape index (κ3) is 3.86. The van der Waals surface area contributed by atoms with Crippen molar-refractivity contribution in [1.82, 2.24) is 0 Å². The normalized spacial score (nSPS) is 21.7. The Kier molecular flexibility index (Phi) is 4.21. The molecule has 2 nitrogen and oxygen atoms in total. The predicted molar refractivity (Wildman–Crippen MR) is 62.0 cm³/mol. The first kappa shape index (κ1) is 12.6. The molecule has 0 amide bonds. The van der Waals surface area contributed by atoms with Crippen molar-refractivity contribution in [2.45, 2.75) is 46.1 Å². The highest BCUT2D eigenvalue weighted by molar-refractivity contribution is 6.26. The first-order valence-electron chi connectivity index (χ1n) is 5.39. The average Bonchev–Trinajstić information content (AvgIpc) is 2.17. The maximum atomic E-state index is 11.0. The molecule has 0 saturated carbocycles.